The summed E-state index contributed by atoms with van der Waals surface area (Å²) < 4.78 is 0. The number of unbranched alkanes of at least 4 members (excludes halogenated alkanes) is 1. The maximum atomic E-state index is 3.84. The van der Waals surface area contributed by atoms with Crippen LogP contribution in [0.4, 0.5) is 0 Å². The van der Waals surface area contributed by atoms with Crippen molar-refractivity contribution < 1.29 is 0 Å². The van der Waals surface area contributed by atoms with Crippen LogP contribution in [-0.4, -0.2) is 12.6 Å². The molecule has 0 spiro atoms. The maximum absolute atomic E-state index is 3.84. The lowest BCUT2D eigenvalue weighted by Gasteiger charge is -2.35. The van der Waals surface area contributed by atoms with E-state index in [1.165, 1.54) is 64.3 Å². The van der Waals surface area contributed by atoms with Crippen LogP contribution in [0.5, 0.6) is 0 Å². The number of rotatable bonds is 9. The van der Waals surface area contributed by atoms with Crippen LogP contribution in [0.25, 0.3) is 0 Å². The molecule has 0 radical (unpaired) electrons. The van der Waals surface area contributed by atoms with Crippen molar-refractivity contribution in [1.82, 2.24) is 5.32 Å². The lowest BCUT2D eigenvalue weighted by atomic mass is 9.75. The molecule has 1 fully saturated rings. The minimum Gasteiger partial charge on any atom is -0.314 e. The smallest absolute Gasteiger partial charge is 0.00955 e. The van der Waals surface area contributed by atoms with Gasteiger partial charge >= 0.3 is 0 Å². The fraction of sp³-hybridized carbons (Fsp3) is 0.882. The summed E-state index contributed by atoms with van der Waals surface area (Å²) in [5.41, 5.74) is 0. The van der Waals surface area contributed by atoms with Crippen molar-refractivity contribution in [1.29, 1.82) is 0 Å². The van der Waals surface area contributed by atoms with Gasteiger partial charge in [-0.05, 0) is 56.9 Å². The number of hydrogen-bond donors (Lipinski definition) is 1. The minimum absolute atomic E-state index is 0.763. The Kier molecular flexibility index (Phi) is 8.41. The van der Waals surface area contributed by atoms with Crippen LogP contribution in [-0.2, 0) is 0 Å². The van der Waals surface area contributed by atoms with E-state index in [1.807, 2.05) is 0 Å². The molecule has 1 saturated carbocycles. The Morgan fingerprint density at radius 3 is 2.83 bits per heavy atom. The molecule has 0 aromatic heterocycles. The van der Waals surface area contributed by atoms with Crippen LogP contribution in [0.2, 0.25) is 0 Å². The first kappa shape index (κ1) is 15.8. The van der Waals surface area contributed by atoms with E-state index in [0.29, 0.717) is 0 Å². The molecular formula is C17H33N. The maximum Gasteiger partial charge on any atom is 0.00955 e. The third kappa shape index (κ3) is 5.56. The molecule has 0 heterocycles. The van der Waals surface area contributed by atoms with Gasteiger partial charge in [-0.15, -0.1) is 6.58 Å². The average Bonchev–Trinajstić information content (AvgIpc) is 2.42. The monoisotopic (exact) mass is 251 g/mol. The third-order valence-corrected chi connectivity index (χ3v) is 4.55. The van der Waals surface area contributed by atoms with Crippen LogP contribution in [0.15, 0.2) is 12.7 Å². The highest BCUT2D eigenvalue weighted by Crippen LogP contribution is 2.34. The average molecular weight is 251 g/mol. The van der Waals surface area contributed by atoms with Crippen LogP contribution in [0.3, 0.4) is 0 Å². The number of nitrogens with one attached hydrogen (secondary N) is 1. The van der Waals surface area contributed by atoms with Crippen molar-refractivity contribution in [2.75, 3.05) is 6.54 Å². The van der Waals surface area contributed by atoms with Crippen molar-refractivity contribution in [3.8, 4) is 0 Å². The SMILES string of the molecule is C=CCCCC(NCCC)C1CCCC(CC)C1. The molecule has 0 bridgehead atoms. The molecular weight excluding hydrogens is 218 g/mol. The molecule has 1 nitrogen and oxygen atoms in total. The van der Waals surface area contributed by atoms with Gasteiger partial charge in [0.1, 0.15) is 0 Å². The summed E-state index contributed by atoms with van der Waals surface area (Å²) in [6, 6.07) is 0.763. The van der Waals surface area contributed by atoms with E-state index in [0.717, 1.165) is 17.9 Å². The topological polar surface area (TPSA) is 12.0 Å². The van der Waals surface area contributed by atoms with Crippen LogP contribution < -0.4 is 5.32 Å². The summed E-state index contributed by atoms with van der Waals surface area (Å²) in [5.74, 6) is 1.93. The van der Waals surface area contributed by atoms with Crippen molar-refractivity contribution in [2.24, 2.45) is 11.8 Å². The van der Waals surface area contributed by atoms with Gasteiger partial charge < -0.3 is 5.32 Å². The molecule has 1 aliphatic carbocycles. The van der Waals surface area contributed by atoms with Gasteiger partial charge in [0.2, 0.25) is 0 Å². The molecule has 106 valence electrons. The van der Waals surface area contributed by atoms with E-state index in [4.69, 9.17) is 0 Å². The van der Waals surface area contributed by atoms with Gasteiger partial charge in [-0.3, -0.25) is 0 Å². The van der Waals surface area contributed by atoms with Gasteiger partial charge in [0.25, 0.3) is 0 Å². The highest BCUT2D eigenvalue weighted by atomic mass is 14.9. The molecule has 0 amide bonds. The Morgan fingerprint density at radius 1 is 1.33 bits per heavy atom. The summed E-state index contributed by atoms with van der Waals surface area (Å²) in [6.45, 7) is 9.65. The Balaban J connectivity index is 2.42. The number of allylic oxidation sites excluding steroid dienone is 1. The molecule has 0 aliphatic heterocycles. The van der Waals surface area contributed by atoms with Gasteiger partial charge in [0.15, 0.2) is 0 Å². The molecule has 3 unspecified atom stereocenters. The summed E-state index contributed by atoms with van der Waals surface area (Å²) in [5, 5.41) is 3.81. The normalized spacial score (nSPS) is 25.9. The quantitative estimate of drug-likeness (QED) is 0.453. The summed E-state index contributed by atoms with van der Waals surface area (Å²) in [6.07, 6.45) is 14.4. The predicted molar refractivity (Wildman–Crippen MR) is 81.9 cm³/mol. The molecule has 0 aromatic rings. The van der Waals surface area contributed by atoms with E-state index < -0.39 is 0 Å². The Morgan fingerprint density at radius 2 is 2.17 bits per heavy atom. The molecule has 1 heteroatoms. The largest absolute Gasteiger partial charge is 0.314 e. The molecule has 1 aliphatic rings. The zero-order valence-electron chi connectivity index (χ0n) is 12.6. The summed E-state index contributed by atoms with van der Waals surface area (Å²) in [7, 11) is 0. The Bertz CT molecular complexity index is 212. The molecule has 0 saturated heterocycles. The van der Waals surface area contributed by atoms with E-state index in [2.05, 4.69) is 31.8 Å². The van der Waals surface area contributed by atoms with Gasteiger partial charge in [-0.25, -0.2) is 0 Å². The van der Waals surface area contributed by atoms with Crippen LogP contribution >= 0.6 is 0 Å². The van der Waals surface area contributed by atoms with Gasteiger partial charge in [0, 0.05) is 6.04 Å². The van der Waals surface area contributed by atoms with Crippen LogP contribution in [0, 0.1) is 11.8 Å². The van der Waals surface area contributed by atoms with Crippen LogP contribution in [0.1, 0.15) is 71.6 Å². The van der Waals surface area contributed by atoms with Crippen molar-refractivity contribution in [3.63, 3.8) is 0 Å². The molecule has 1 N–H and O–H groups in total. The minimum atomic E-state index is 0.763. The fourth-order valence-electron chi connectivity index (χ4n) is 3.39. The fourth-order valence-corrected chi connectivity index (χ4v) is 3.39. The van der Waals surface area contributed by atoms with E-state index in [9.17, 15) is 0 Å². The highest BCUT2D eigenvalue weighted by Gasteiger charge is 2.26. The zero-order valence-corrected chi connectivity index (χ0v) is 12.6. The number of hydrogen-bond acceptors (Lipinski definition) is 1. The molecule has 1 rings (SSSR count). The second-order valence-electron chi connectivity index (χ2n) is 5.98. The van der Waals surface area contributed by atoms with Gasteiger partial charge in [-0.2, -0.15) is 0 Å². The highest BCUT2D eigenvalue weighted by molar-refractivity contribution is 4.83. The van der Waals surface area contributed by atoms with Crippen molar-refractivity contribution in [2.45, 2.75) is 77.7 Å². The van der Waals surface area contributed by atoms with Crippen molar-refractivity contribution >= 4 is 0 Å². The first-order chi connectivity index (χ1) is 8.81. The summed E-state index contributed by atoms with van der Waals surface area (Å²) in [4.78, 5) is 0. The zero-order chi connectivity index (χ0) is 13.2. The van der Waals surface area contributed by atoms with Crippen molar-refractivity contribution in [3.05, 3.63) is 12.7 Å². The lowest BCUT2D eigenvalue weighted by molar-refractivity contribution is 0.200. The Labute approximate surface area is 114 Å². The van der Waals surface area contributed by atoms with Gasteiger partial charge in [-0.1, -0.05) is 39.2 Å². The van der Waals surface area contributed by atoms with E-state index in [-0.39, 0.29) is 0 Å². The molecule has 0 aromatic carbocycles. The van der Waals surface area contributed by atoms with Gasteiger partial charge in [0.05, 0.1) is 0 Å². The standard InChI is InChI=1S/C17H33N/c1-4-7-8-12-17(18-13-5-2)16-11-9-10-15(6-3)14-16/h4,15-18H,1,5-14H2,2-3H3. The second-order valence-corrected chi connectivity index (χ2v) is 5.98. The predicted octanol–water partition coefficient (Wildman–Crippen LogP) is 4.93. The molecule has 3 atom stereocenters. The van der Waals surface area contributed by atoms with E-state index in [1.54, 1.807) is 0 Å². The third-order valence-electron chi connectivity index (χ3n) is 4.55. The summed E-state index contributed by atoms with van der Waals surface area (Å²) >= 11 is 0. The molecule has 18 heavy (non-hydrogen) atoms. The second kappa shape index (κ2) is 9.61. The first-order valence-corrected chi connectivity index (χ1v) is 8.16. The first-order valence-electron chi connectivity index (χ1n) is 8.16. The lowest BCUT2D eigenvalue weighted by Crippen LogP contribution is -2.39. The Hall–Kier alpha value is -0.300. The van der Waals surface area contributed by atoms with E-state index >= 15 is 0 Å².